The van der Waals surface area contributed by atoms with Crippen LogP contribution in [-0.4, -0.2) is 12.2 Å². The quantitative estimate of drug-likeness (QED) is 0.132. The molecular formula is C29H60O. The van der Waals surface area contributed by atoms with Crippen molar-refractivity contribution in [1.82, 2.24) is 0 Å². The summed E-state index contributed by atoms with van der Waals surface area (Å²) in [5, 5.41) is 0. The molecule has 182 valence electrons. The Hall–Kier alpha value is -0.0400. The third kappa shape index (κ3) is 18.7. The minimum Gasteiger partial charge on any atom is -0.375 e. The van der Waals surface area contributed by atoms with E-state index in [1.54, 1.807) is 0 Å². The van der Waals surface area contributed by atoms with Crippen molar-refractivity contribution < 1.29 is 4.74 Å². The van der Waals surface area contributed by atoms with Crippen LogP contribution in [-0.2, 0) is 4.74 Å². The molecule has 0 bridgehead atoms. The van der Waals surface area contributed by atoms with Gasteiger partial charge in [0.15, 0.2) is 0 Å². The molecule has 0 unspecified atom stereocenters. The van der Waals surface area contributed by atoms with Gasteiger partial charge < -0.3 is 4.74 Å². The van der Waals surface area contributed by atoms with Crippen LogP contribution in [0.15, 0.2) is 0 Å². The second-order valence-electron chi connectivity index (χ2n) is 9.94. The van der Waals surface area contributed by atoms with E-state index in [-0.39, 0.29) is 5.60 Å². The first-order valence-electron chi connectivity index (χ1n) is 14.4. The van der Waals surface area contributed by atoms with Gasteiger partial charge in [0.05, 0.1) is 5.60 Å². The Morgan fingerprint density at radius 1 is 0.367 bits per heavy atom. The molecule has 0 aliphatic carbocycles. The zero-order valence-electron chi connectivity index (χ0n) is 21.9. The summed E-state index contributed by atoms with van der Waals surface area (Å²) in [6.07, 6.45) is 31.7. The summed E-state index contributed by atoms with van der Waals surface area (Å²) < 4.78 is 6.64. The number of hydrogen-bond donors (Lipinski definition) is 0. The molecule has 0 N–H and O–H groups in total. The molecule has 0 heterocycles. The molecule has 0 fully saturated rings. The topological polar surface area (TPSA) is 9.23 Å². The highest BCUT2D eigenvalue weighted by Crippen LogP contribution is 2.31. The Morgan fingerprint density at radius 3 is 1.13 bits per heavy atom. The first kappa shape index (κ1) is 30.0. The van der Waals surface area contributed by atoms with Crippen LogP contribution in [0.1, 0.15) is 175 Å². The molecule has 0 aromatic rings. The van der Waals surface area contributed by atoms with Crippen molar-refractivity contribution in [1.29, 1.82) is 0 Å². The minimum atomic E-state index is 0.186. The smallest absolute Gasteiger partial charge is 0.0682 e. The van der Waals surface area contributed by atoms with Gasteiger partial charge in [-0.3, -0.25) is 0 Å². The van der Waals surface area contributed by atoms with E-state index in [9.17, 15) is 0 Å². The van der Waals surface area contributed by atoms with Gasteiger partial charge in [-0.25, -0.2) is 0 Å². The van der Waals surface area contributed by atoms with Crippen LogP contribution in [0.4, 0.5) is 0 Å². The van der Waals surface area contributed by atoms with Crippen LogP contribution in [0.2, 0.25) is 0 Å². The molecule has 1 heteroatoms. The van der Waals surface area contributed by atoms with Gasteiger partial charge in [0.1, 0.15) is 0 Å². The first-order valence-corrected chi connectivity index (χ1v) is 14.4. The summed E-state index contributed by atoms with van der Waals surface area (Å²) in [6.45, 7) is 10.3. The predicted molar refractivity (Wildman–Crippen MR) is 138 cm³/mol. The third-order valence-electron chi connectivity index (χ3n) is 6.80. The molecule has 0 amide bonds. The van der Waals surface area contributed by atoms with Gasteiger partial charge >= 0.3 is 0 Å². The molecule has 30 heavy (non-hydrogen) atoms. The molecule has 1 nitrogen and oxygen atoms in total. The Balaban J connectivity index is 3.88. The van der Waals surface area contributed by atoms with Crippen LogP contribution >= 0.6 is 0 Å². The molecule has 0 saturated heterocycles. The Kier molecular flexibility index (Phi) is 23.6. The molecule has 0 aromatic carbocycles. The van der Waals surface area contributed by atoms with Crippen molar-refractivity contribution in [2.45, 2.75) is 181 Å². The molecule has 0 rings (SSSR count). The minimum absolute atomic E-state index is 0.186. The van der Waals surface area contributed by atoms with Crippen molar-refractivity contribution in [3.05, 3.63) is 0 Å². The summed E-state index contributed by atoms with van der Waals surface area (Å²) in [5.74, 6) is 0. The van der Waals surface area contributed by atoms with Crippen molar-refractivity contribution in [2.75, 3.05) is 6.61 Å². The molecular weight excluding hydrogens is 364 g/mol. The van der Waals surface area contributed by atoms with Crippen molar-refractivity contribution in [3.8, 4) is 0 Å². The summed E-state index contributed by atoms with van der Waals surface area (Å²) in [5.41, 5.74) is 0.186. The average molecular weight is 425 g/mol. The van der Waals surface area contributed by atoms with E-state index in [2.05, 4.69) is 27.7 Å². The Morgan fingerprint density at radius 2 is 0.733 bits per heavy atom. The standard InChI is InChI=1S/C29H60O/c1-5-9-11-13-15-16-17-18-20-22-24-28-30-29(25-7-3,26-8-4)27-23-21-19-14-12-10-6-2/h5-28H2,1-4H3. The molecule has 0 radical (unpaired) electrons. The van der Waals surface area contributed by atoms with Crippen LogP contribution in [0.25, 0.3) is 0 Å². The lowest BCUT2D eigenvalue weighted by Gasteiger charge is -2.34. The molecule has 0 aromatic heterocycles. The van der Waals surface area contributed by atoms with Gasteiger partial charge in [0.2, 0.25) is 0 Å². The SMILES string of the molecule is CCCCCCCCCCCCCOC(CCC)(CCC)CCCCCCCCC. The van der Waals surface area contributed by atoms with E-state index in [4.69, 9.17) is 4.74 Å². The van der Waals surface area contributed by atoms with E-state index in [0.29, 0.717) is 0 Å². The van der Waals surface area contributed by atoms with E-state index in [1.165, 1.54) is 148 Å². The molecule has 0 spiro atoms. The first-order chi connectivity index (χ1) is 14.7. The number of rotatable bonds is 25. The van der Waals surface area contributed by atoms with E-state index in [0.717, 1.165) is 6.61 Å². The number of hydrogen-bond acceptors (Lipinski definition) is 1. The van der Waals surface area contributed by atoms with Gasteiger partial charge in [-0.2, -0.15) is 0 Å². The summed E-state index contributed by atoms with van der Waals surface area (Å²) in [7, 11) is 0. The lowest BCUT2D eigenvalue weighted by Crippen LogP contribution is -2.33. The van der Waals surface area contributed by atoms with Crippen molar-refractivity contribution in [2.24, 2.45) is 0 Å². The predicted octanol–water partition coefficient (Wildman–Crippen LogP) is 10.8. The maximum Gasteiger partial charge on any atom is 0.0682 e. The largest absolute Gasteiger partial charge is 0.375 e. The lowest BCUT2D eigenvalue weighted by molar-refractivity contribution is -0.0673. The van der Waals surface area contributed by atoms with E-state index in [1.807, 2.05) is 0 Å². The monoisotopic (exact) mass is 424 g/mol. The summed E-state index contributed by atoms with van der Waals surface area (Å²) in [4.78, 5) is 0. The lowest BCUT2D eigenvalue weighted by atomic mass is 9.86. The van der Waals surface area contributed by atoms with Crippen LogP contribution in [0, 0.1) is 0 Å². The van der Waals surface area contributed by atoms with Crippen molar-refractivity contribution in [3.63, 3.8) is 0 Å². The van der Waals surface area contributed by atoms with Gasteiger partial charge in [0.25, 0.3) is 0 Å². The second kappa shape index (κ2) is 23.6. The van der Waals surface area contributed by atoms with Crippen LogP contribution in [0.5, 0.6) is 0 Å². The zero-order valence-corrected chi connectivity index (χ0v) is 21.9. The van der Waals surface area contributed by atoms with Gasteiger partial charge in [-0.1, -0.05) is 150 Å². The molecule has 0 aliphatic heterocycles. The maximum atomic E-state index is 6.64. The number of ether oxygens (including phenoxy) is 1. The fourth-order valence-electron chi connectivity index (χ4n) is 4.96. The van der Waals surface area contributed by atoms with E-state index < -0.39 is 0 Å². The average Bonchev–Trinajstić information content (AvgIpc) is 2.74. The van der Waals surface area contributed by atoms with Gasteiger partial charge in [-0.15, -0.1) is 0 Å². The van der Waals surface area contributed by atoms with Crippen LogP contribution < -0.4 is 0 Å². The third-order valence-corrected chi connectivity index (χ3v) is 6.80. The normalized spacial score (nSPS) is 12.0. The Bertz CT molecular complexity index is 305. The Labute approximate surface area is 192 Å². The van der Waals surface area contributed by atoms with Crippen molar-refractivity contribution >= 4 is 0 Å². The van der Waals surface area contributed by atoms with E-state index >= 15 is 0 Å². The highest BCUT2D eigenvalue weighted by Gasteiger charge is 2.28. The maximum absolute atomic E-state index is 6.64. The molecule has 0 aliphatic rings. The molecule has 0 atom stereocenters. The second-order valence-corrected chi connectivity index (χ2v) is 9.94. The summed E-state index contributed by atoms with van der Waals surface area (Å²) in [6, 6.07) is 0. The van der Waals surface area contributed by atoms with Gasteiger partial charge in [-0.05, 0) is 25.7 Å². The highest BCUT2D eigenvalue weighted by atomic mass is 16.5. The summed E-state index contributed by atoms with van der Waals surface area (Å²) >= 11 is 0. The fraction of sp³-hybridized carbons (Fsp3) is 1.00. The van der Waals surface area contributed by atoms with Gasteiger partial charge in [0, 0.05) is 6.61 Å². The van der Waals surface area contributed by atoms with Crippen LogP contribution in [0.3, 0.4) is 0 Å². The number of unbranched alkanes of at least 4 members (excludes halogenated alkanes) is 16. The highest BCUT2D eigenvalue weighted by molar-refractivity contribution is 4.80. The zero-order chi connectivity index (χ0) is 22.2. The fourth-order valence-corrected chi connectivity index (χ4v) is 4.96. The molecule has 0 saturated carbocycles.